The quantitative estimate of drug-likeness (QED) is 0.754. The summed E-state index contributed by atoms with van der Waals surface area (Å²) in [6, 6.07) is 10.9. The van der Waals surface area contributed by atoms with Crippen LogP contribution in [0.25, 0.3) is 10.9 Å². The minimum absolute atomic E-state index is 0.0301. The summed E-state index contributed by atoms with van der Waals surface area (Å²) >= 11 is 0. The number of fused-ring (bicyclic) bond motifs is 1. The predicted octanol–water partition coefficient (Wildman–Crippen LogP) is 1.12. The van der Waals surface area contributed by atoms with Crippen LogP contribution in [0.5, 0.6) is 0 Å². The summed E-state index contributed by atoms with van der Waals surface area (Å²) in [6.07, 6.45) is 1.53. The number of rotatable bonds is 3. The third-order valence-electron chi connectivity index (χ3n) is 2.80. The molecular weight excluding hydrogens is 292 g/mol. The fraction of sp³-hybridized carbons (Fsp3) is 0. The Bertz CT molecular complexity index is 941. The Hall–Kier alpha value is -2.74. The molecule has 0 saturated carbocycles. The number of hydrogen-bond acceptors (Lipinski definition) is 5. The van der Waals surface area contributed by atoms with E-state index in [1.807, 2.05) is 0 Å². The Morgan fingerprint density at radius 1 is 1.05 bits per heavy atom. The maximum atomic E-state index is 12.4. The molecule has 0 aliphatic carbocycles. The van der Waals surface area contributed by atoms with Crippen LogP contribution >= 0.6 is 0 Å². The molecular formula is C13H10N4O3S. The van der Waals surface area contributed by atoms with Crippen molar-refractivity contribution in [1.82, 2.24) is 15.2 Å². The van der Waals surface area contributed by atoms with Crippen LogP contribution in [-0.2, 0) is 10.0 Å². The van der Waals surface area contributed by atoms with Crippen molar-refractivity contribution in [3.63, 3.8) is 0 Å². The Labute approximate surface area is 119 Å². The summed E-state index contributed by atoms with van der Waals surface area (Å²) in [7, 11) is -3.85. The predicted molar refractivity (Wildman–Crippen MR) is 77.4 cm³/mol. The number of nitrogens with zero attached hydrogens (tertiary/aromatic N) is 2. The van der Waals surface area contributed by atoms with Gasteiger partial charge in [-0.05, 0) is 18.2 Å². The first kappa shape index (κ1) is 13.3. The summed E-state index contributed by atoms with van der Waals surface area (Å²) in [4.78, 5) is 15.1. The first-order valence-corrected chi connectivity index (χ1v) is 7.47. The molecule has 2 aromatic heterocycles. The van der Waals surface area contributed by atoms with Gasteiger partial charge in [-0.3, -0.25) is 14.5 Å². The van der Waals surface area contributed by atoms with Gasteiger partial charge in [0.15, 0.2) is 5.82 Å². The zero-order chi connectivity index (χ0) is 14.9. The van der Waals surface area contributed by atoms with Crippen LogP contribution in [0.2, 0.25) is 0 Å². The average molecular weight is 302 g/mol. The van der Waals surface area contributed by atoms with Crippen molar-refractivity contribution in [3.05, 3.63) is 59.0 Å². The van der Waals surface area contributed by atoms with Crippen molar-refractivity contribution in [2.45, 2.75) is 4.90 Å². The highest BCUT2D eigenvalue weighted by molar-refractivity contribution is 7.93. The lowest BCUT2D eigenvalue weighted by Gasteiger charge is -2.08. The molecule has 0 saturated heterocycles. The van der Waals surface area contributed by atoms with Crippen molar-refractivity contribution < 1.29 is 8.42 Å². The summed E-state index contributed by atoms with van der Waals surface area (Å²) in [5, 5.41) is 6.50. The third-order valence-corrected chi connectivity index (χ3v) is 4.19. The number of H-pyrrole nitrogens is 1. The van der Waals surface area contributed by atoms with Gasteiger partial charge in [0.25, 0.3) is 15.6 Å². The van der Waals surface area contributed by atoms with Gasteiger partial charge in [-0.2, -0.15) is 5.10 Å². The molecule has 0 aliphatic heterocycles. The molecule has 0 amide bonds. The Kier molecular flexibility index (Phi) is 3.15. The maximum absolute atomic E-state index is 12.4. The highest BCUT2D eigenvalue weighted by Gasteiger charge is 2.18. The lowest BCUT2D eigenvalue weighted by molar-refractivity contribution is 0.601. The van der Waals surface area contributed by atoms with Crippen LogP contribution in [0, 0.1) is 0 Å². The van der Waals surface area contributed by atoms with Crippen LogP contribution in [0.4, 0.5) is 5.82 Å². The van der Waals surface area contributed by atoms with E-state index in [-0.39, 0.29) is 10.7 Å². The van der Waals surface area contributed by atoms with E-state index in [9.17, 15) is 13.2 Å². The van der Waals surface area contributed by atoms with Crippen LogP contribution in [0.1, 0.15) is 0 Å². The van der Waals surface area contributed by atoms with Crippen LogP contribution in [0.15, 0.2) is 58.4 Å². The van der Waals surface area contributed by atoms with Gasteiger partial charge in [-0.15, -0.1) is 0 Å². The Morgan fingerprint density at radius 2 is 1.86 bits per heavy atom. The number of anilines is 1. The van der Waals surface area contributed by atoms with E-state index in [4.69, 9.17) is 0 Å². The SMILES string of the molecule is O=c1ccc(NS(=O)(=O)c2cccc3cccnc23)n[nH]1. The molecule has 0 atom stereocenters. The van der Waals surface area contributed by atoms with Crippen LogP contribution < -0.4 is 10.3 Å². The molecule has 7 nitrogen and oxygen atoms in total. The standard InChI is InChI=1S/C13H10N4O3S/c18-12-7-6-11(15-16-12)17-21(19,20)10-5-1-3-9-4-2-8-14-13(9)10/h1-8H,(H,15,17)(H,16,18). The van der Waals surface area contributed by atoms with Crippen molar-refractivity contribution in [1.29, 1.82) is 0 Å². The zero-order valence-electron chi connectivity index (χ0n) is 10.6. The lowest BCUT2D eigenvalue weighted by Crippen LogP contribution is -2.16. The average Bonchev–Trinajstić information content (AvgIpc) is 2.49. The fourth-order valence-electron chi connectivity index (χ4n) is 1.89. The Balaban J connectivity index is 2.08. The van der Waals surface area contributed by atoms with Gasteiger partial charge in [0.2, 0.25) is 0 Å². The van der Waals surface area contributed by atoms with E-state index >= 15 is 0 Å². The molecule has 2 N–H and O–H groups in total. The smallest absolute Gasteiger partial charge is 0.265 e. The molecule has 0 fully saturated rings. The number of pyridine rings is 1. The molecule has 3 rings (SSSR count). The summed E-state index contributed by atoms with van der Waals surface area (Å²) < 4.78 is 27.1. The van der Waals surface area contributed by atoms with Gasteiger partial charge in [-0.1, -0.05) is 18.2 Å². The number of aromatic amines is 1. The number of hydrogen-bond donors (Lipinski definition) is 2. The largest absolute Gasteiger partial charge is 0.268 e. The van der Waals surface area contributed by atoms with E-state index in [0.29, 0.717) is 5.52 Å². The molecule has 21 heavy (non-hydrogen) atoms. The van der Waals surface area contributed by atoms with Gasteiger partial charge in [-0.25, -0.2) is 13.5 Å². The first-order chi connectivity index (χ1) is 10.1. The number of aromatic nitrogens is 3. The molecule has 106 valence electrons. The summed E-state index contributed by atoms with van der Waals surface area (Å²) in [5.74, 6) is 0.0301. The molecule has 0 spiro atoms. The second-order valence-corrected chi connectivity index (χ2v) is 5.89. The normalized spacial score (nSPS) is 11.4. The number of benzene rings is 1. The second kappa shape index (κ2) is 4.98. The fourth-order valence-corrected chi connectivity index (χ4v) is 3.07. The van der Waals surface area contributed by atoms with Gasteiger partial charge in [0.1, 0.15) is 4.90 Å². The zero-order valence-corrected chi connectivity index (χ0v) is 11.5. The number of sulfonamides is 1. The molecule has 2 heterocycles. The van der Waals surface area contributed by atoms with Crippen molar-refractivity contribution >= 4 is 26.7 Å². The van der Waals surface area contributed by atoms with E-state index in [1.54, 1.807) is 24.3 Å². The van der Waals surface area contributed by atoms with Crippen molar-refractivity contribution in [2.24, 2.45) is 0 Å². The van der Waals surface area contributed by atoms with Gasteiger partial charge >= 0.3 is 0 Å². The van der Waals surface area contributed by atoms with Gasteiger partial charge in [0.05, 0.1) is 5.52 Å². The monoisotopic (exact) mass is 302 g/mol. The molecule has 0 bridgehead atoms. The highest BCUT2D eigenvalue weighted by Crippen LogP contribution is 2.22. The van der Waals surface area contributed by atoms with Crippen molar-refractivity contribution in [3.8, 4) is 0 Å². The van der Waals surface area contributed by atoms with Crippen LogP contribution in [0.3, 0.4) is 0 Å². The molecule has 3 aromatic rings. The molecule has 8 heteroatoms. The minimum atomic E-state index is -3.85. The van der Waals surface area contributed by atoms with Crippen molar-refractivity contribution in [2.75, 3.05) is 4.72 Å². The molecule has 1 aromatic carbocycles. The highest BCUT2D eigenvalue weighted by atomic mass is 32.2. The lowest BCUT2D eigenvalue weighted by atomic mass is 10.2. The molecule has 0 unspecified atom stereocenters. The third kappa shape index (κ3) is 2.61. The molecule has 0 aliphatic rings. The van der Waals surface area contributed by atoms with E-state index in [2.05, 4.69) is 19.9 Å². The second-order valence-electron chi connectivity index (χ2n) is 4.24. The van der Waals surface area contributed by atoms with Gasteiger partial charge in [0, 0.05) is 17.6 Å². The van der Waals surface area contributed by atoms with Crippen LogP contribution in [-0.4, -0.2) is 23.6 Å². The maximum Gasteiger partial charge on any atom is 0.265 e. The van der Waals surface area contributed by atoms with E-state index < -0.39 is 15.6 Å². The van der Waals surface area contributed by atoms with Gasteiger partial charge < -0.3 is 0 Å². The first-order valence-electron chi connectivity index (χ1n) is 5.98. The minimum Gasteiger partial charge on any atom is -0.268 e. The molecule has 0 radical (unpaired) electrons. The summed E-state index contributed by atoms with van der Waals surface area (Å²) in [5.41, 5.74) is -0.0401. The van der Waals surface area contributed by atoms with E-state index in [1.165, 1.54) is 24.4 Å². The van der Waals surface area contributed by atoms with E-state index in [0.717, 1.165) is 5.39 Å². The topological polar surface area (TPSA) is 105 Å². The Morgan fingerprint density at radius 3 is 2.62 bits per heavy atom. The number of nitrogens with one attached hydrogen (secondary N) is 2. The summed E-state index contributed by atoms with van der Waals surface area (Å²) in [6.45, 7) is 0. The number of para-hydroxylation sites is 1.